The molecule has 10 nitrogen and oxygen atoms in total. The number of aliphatic hydroxyl groups is 1. The molecule has 6 rings (SSSR count). The van der Waals surface area contributed by atoms with Crippen molar-refractivity contribution in [2.24, 2.45) is 0 Å². The molecule has 0 radical (unpaired) electrons. The molecule has 4 heterocycles. The maximum atomic E-state index is 10.3. The van der Waals surface area contributed by atoms with Gasteiger partial charge in [-0.25, -0.2) is 4.98 Å². The van der Waals surface area contributed by atoms with Crippen molar-refractivity contribution in [2.45, 2.75) is 102 Å². The van der Waals surface area contributed by atoms with Gasteiger partial charge < -0.3 is 24.1 Å². The number of rotatable bonds is 16. The first kappa shape index (κ1) is 38.2. The van der Waals surface area contributed by atoms with E-state index in [-0.39, 0.29) is 12.5 Å². The van der Waals surface area contributed by atoms with E-state index < -0.39 is 21.7 Å². The van der Waals surface area contributed by atoms with Crippen LogP contribution in [0.15, 0.2) is 54.9 Å². The third kappa shape index (κ3) is 8.31. The summed E-state index contributed by atoms with van der Waals surface area (Å²) >= 11 is 0. The number of aromatic nitrogens is 5. The van der Waals surface area contributed by atoms with E-state index in [0.717, 1.165) is 82.5 Å². The van der Waals surface area contributed by atoms with Crippen molar-refractivity contribution in [1.82, 2.24) is 24.1 Å². The topological polar surface area (TPSA) is 105 Å². The molecular weight excluding hydrogens is 687 g/mol. The summed E-state index contributed by atoms with van der Waals surface area (Å²) in [6.07, 6.45) is 6.91. The lowest BCUT2D eigenvalue weighted by atomic mass is 9.77. The van der Waals surface area contributed by atoms with Gasteiger partial charge in [0.15, 0.2) is 17.0 Å². The fraction of sp³-hybridized carbons (Fsp3) is 0.525. The van der Waals surface area contributed by atoms with Crippen LogP contribution in [0.3, 0.4) is 0 Å². The van der Waals surface area contributed by atoms with Crippen molar-refractivity contribution < 1.29 is 24.1 Å². The summed E-state index contributed by atoms with van der Waals surface area (Å²) in [6, 6.07) is 16.4. The highest BCUT2D eigenvalue weighted by Crippen LogP contribution is 2.48. The Kier molecular flexibility index (Phi) is 11.6. The molecule has 0 saturated heterocycles. The van der Waals surface area contributed by atoms with Gasteiger partial charge in [0.05, 0.1) is 48.4 Å². The molecule has 4 aromatic heterocycles. The molecule has 52 heavy (non-hydrogen) atoms. The molecule has 0 amide bonds. The molecule has 0 spiro atoms. The Labute approximate surface area is 310 Å². The van der Waals surface area contributed by atoms with Crippen LogP contribution < -0.4 is 9.47 Å². The van der Waals surface area contributed by atoms with Crippen LogP contribution in [0.5, 0.6) is 11.6 Å². The summed E-state index contributed by atoms with van der Waals surface area (Å²) in [4.78, 5) is 10.3. The van der Waals surface area contributed by atoms with Gasteiger partial charge in [0.1, 0.15) is 6.73 Å². The molecule has 0 aliphatic heterocycles. The Morgan fingerprint density at radius 1 is 0.885 bits per heavy atom. The molecule has 280 valence electrons. The lowest BCUT2D eigenvalue weighted by molar-refractivity contribution is -0.0784. The van der Waals surface area contributed by atoms with Crippen LogP contribution in [0.4, 0.5) is 0 Å². The van der Waals surface area contributed by atoms with Crippen LogP contribution in [-0.2, 0) is 16.2 Å². The molecule has 12 heteroatoms. The second kappa shape index (κ2) is 15.8. The minimum absolute atomic E-state index is 0.00124. The normalized spacial score (nSPS) is 18.4. The number of hydrogen-bond donors (Lipinski definition) is 1. The van der Waals surface area contributed by atoms with Crippen molar-refractivity contribution in [3.63, 3.8) is 0 Å². The third-order valence-corrected chi connectivity index (χ3v) is 13.7. The quantitative estimate of drug-likeness (QED) is 0.0790. The van der Waals surface area contributed by atoms with Crippen LogP contribution in [0.1, 0.15) is 44.2 Å². The number of fused-ring (bicyclic) bond motifs is 3. The Balaban J connectivity index is 1.54. The first-order chi connectivity index (χ1) is 24.9. The SMILES string of the molecule is CCOc1c(OCC[Si](C)(C)C)n(COCC[Si](C)(C)C)c2c1c(C1CCC(CO)(OC)CC1)nc1c(-c3ccc(-c4ccccc4)nc3)cnn12. The predicted molar refractivity (Wildman–Crippen MR) is 214 cm³/mol. The predicted octanol–water partition coefficient (Wildman–Crippen LogP) is 8.88. The summed E-state index contributed by atoms with van der Waals surface area (Å²) in [5, 5.41) is 16.2. The van der Waals surface area contributed by atoms with E-state index in [1.807, 2.05) is 42.0 Å². The Bertz CT molecular complexity index is 1930. The average molecular weight is 744 g/mol. The largest absolute Gasteiger partial charge is 0.488 e. The summed E-state index contributed by atoms with van der Waals surface area (Å²) in [7, 11) is -0.998. The summed E-state index contributed by atoms with van der Waals surface area (Å²) < 4.78 is 29.7. The summed E-state index contributed by atoms with van der Waals surface area (Å²) in [5.41, 5.74) is 5.86. The molecule has 1 saturated carbocycles. The van der Waals surface area contributed by atoms with Crippen molar-refractivity contribution in [3.8, 4) is 34.0 Å². The molecule has 0 bridgehead atoms. The Hall–Kier alpha value is -3.56. The van der Waals surface area contributed by atoms with Crippen LogP contribution in [0, 0.1) is 0 Å². The highest BCUT2D eigenvalue weighted by atomic mass is 28.3. The van der Waals surface area contributed by atoms with Gasteiger partial charge in [-0.1, -0.05) is 75.7 Å². The first-order valence-corrected chi connectivity index (χ1v) is 26.2. The van der Waals surface area contributed by atoms with E-state index in [2.05, 4.69) is 68.1 Å². The number of hydrogen-bond acceptors (Lipinski definition) is 8. The highest BCUT2D eigenvalue weighted by Gasteiger charge is 2.38. The molecular formula is C40H57N5O5Si2. The molecule has 1 aromatic carbocycles. The molecule has 5 aromatic rings. The fourth-order valence-corrected chi connectivity index (χ4v) is 8.46. The first-order valence-electron chi connectivity index (χ1n) is 18.8. The van der Waals surface area contributed by atoms with Crippen LogP contribution in [0.2, 0.25) is 51.4 Å². The van der Waals surface area contributed by atoms with E-state index in [4.69, 9.17) is 34.0 Å². The van der Waals surface area contributed by atoms with Crippen molar-refractivity contribution >= 4 is 32.8 Å². The third-order valence-electron chi connectivity index (χ3n) is 10.3. The minimum atomic E-state index is -1.39. The Morgan fingerprint density at radius 3 is 2.21 bits per heavy atom. The molecule has 1 aliphatic carbocycles. The Morgan fingerprint density at radius 2 is 1.60 bits per heavy atom. The molecule has 0 atom stereocenters. The van der Waals surface area contributed by atoms with E-state index in [1.165, 1.54) is 0 Å². The minimum Gasteiger partial charge on any atom is -0.488 e. The second-order valence-corrected chi connectivity index (χ2v) is 27.9. The monoisotopic (exact) mass is 743 g/mol. The maximum Gasteiger partial charge on any atom is 0.241 e. The smallest absolute Gasteiger partial charge is 0.241 e. The van der Waals surface area contributed by atoms with Gasteiger partial charge in [-0.05, 0) is 50.8 Å². The van der Waals surface area contributed by atoms with Crippen LogP contribution in [0.25, 0.3) is 39.1 Å². The standard InChI is InChI=1S/C40H57N5O5Si2/c1-9-49-36-34-35(30-17-19-40(27-46,47-2)20-18-30)43-37-32(31-15-16-33(41-25-31)29-13-11-10-12-14-29)26-42-45(37)38(34)44(28-48-21-23-51(3,4)5)39(36)50-22-24-52(6,7)8/h10-16,25-26,30,46H,9,17-24,27-28H2,1-8H3. The molecule has 0 unspecified atom stereocenters. The number of benzene rings is 1. The van der Waals surface area contributed by atoms with Gasteiger partial charge in [-0.3, -0.25) is 9.55 Å². The van der Waals surface area contributed by atoms with Crippen molar-refractivity contribution in [1.29, 1.82) is 0 Å². The number of pyridine rings is 1. The number of nitrogens with zero attached hydrogens (tertiary/aromatic N) is 5. The van der Waals surface area contributed by atoms with Gasteiger partial charge in [0.25, 0.3) is 0 Å². The number of aliphatic hydroxyl groups excluding tert-OH is 1. The summed E-state index contributed by atoms with van der Waals surface area (Å²) in [5.74, 6) is 1.48. The second-order valence-electron chi connectivity index (χ2n) is 16.6. The molecule has 1 N–H and O–H groups in total. The zero-order valence-corrected chi connectivity index (χ0v) is 34.4. The lowest BCUT2D eigenvalue weighted by Gasteiger charge is -2.37. The lowest BCUT2D eigenvalue weighted by Crippen LogP contribution is -2.39. The van der Waals surface area contributed by atoms with E-state index in [0.29, 0.717) is 38.2 Å². The van der Waals surface area contributed by atoms with Gasteiger partial charge >= 0.3 is 0 Å². The van der Waals surface area contributed by atoms with Gasteiger partial charge in [0.2, 0.25) is 5.88 Å². The van der Waals surface area contributed by atoms with Gasteiger partial charge in [-0.15, -0.1) is 0 Å². The van der Waals surface area contributed by atoms with E-state index >= 15 is 0 Å². The van der Waals surface area contributed by atoms with Crippen molar-refractivity contribution in [3.05, 3.63) is 60.6 Å². The highest BCUT2D eigenvalue weighted by molar-refractivity contribution is 6.76. The number of methoxy groups -OCH3 is 1. The molecule has 1 aliphatic rings. The van der Waals surface area contributed by atoms with Crippen LogP contribution >= 0.6 is 0 Å². The number of ether oxygens (including phenoxy) is 4. The van der Waals surface area contributed by atoms with Crippen molar-refractivity contribution in [2.75, 3.05) is 33.5 Å². The zero-order chi connectivity index (χ0) is 37.1. The fourth-order valence-electron chi connectivity index (χ4n) is 6.99. The van der Waals surface area contributed by atoms with E-state index in [9.17, 15) is 5.11 Å². The van der Waals surface area contributed by atoms with Crippen LogP contribution in [-0.4, -0.2) is 84.5 Å². The van der Waals surface area contributed by atoms with Gasteiger partial charge in [0, 0.05) is 58.7 Å². The summed E-state index contributed by atoms with van der Waals surface area (Å²) in [6.45, 7) is 18.2. The van der Waals surface area contributed by atoms with E-state index in [1.54, 1.807) is 7.11 Å². The van der Waals surface area contributed by atoms with Gasteiger partial charge in [-0.2, -0.15) is 9.61 Å². The average Bonchev–Trinajstić information content (AvgIpc) is 3.68. The maximum absolute atomic E-state index is 10.3. The molecule has 1 fully saturated rings. The zero-order valence-electron chi connectivity index (χ0n) is 32.4.